The Kier molecular flexibility index (Phi) is 9.19. The van der Waals surface area contributed by atoms with Crippen molar-refractivity contribution in [1.82, 2.24) is 29.4 Å². The summed E-state index contributed by atoms with van der Waals surface area (Å²) in [5, 5.41) is 23.0. The molecule has 1 aromatic carbocycles. The molecule has 2 saturated heterocycles. The molecule has 18 heteroatoms. The molecule has 0 bridgehead atoms. The lowest BCUT2D eigenvalue weighted by Gasteiger charge is -2.54. The number of hydrogen-bond donors (Lipinski definition) is 3. The number of rotatable bonds is 7. The molecule has 2 aliphatic heterocycles. The molecular formula is C34H35ClF3N9O5. The van der Waals surface area contributed by atoms with Crippen LogP contribution in [0.25, 0.3) is 11.2 Å². The van der Waals surface area contributed by atoms with Crippen LogP contribution < -0.4 is 20.5 Å². The normalized spacial score (nSPS) is 20.2. The van der Waals surface area contributed by atoms with Crippen LogP contribution in [0.3, 0.4) is 0 Å². The van der Waals surface area contributed by atoms with E-state index in [4.69, 9.17) is 16.6 Å². The lowest BCUT2D eigenvalue weighted by molar-refractivity contribution is -0.137. The maximum Gasteiger partial charge on any atom is 0.416 e. The van der Waals surface area contributed by atoms with Crippen molar-refractivity contribution in [3.8, 4) is 5.75 Å². The van der Waals surface area contributed by atoms with E-state index in [0.29, 0.717) is 56.0 Å². The van der Waals surface area contributed by atoms with Crippen molar-refractivity contribution in [2.75, 3.05) is 41.3 Å². The molecule has 4 aromatic rings. The summed E-state index contributed by atoms with van der Waals surface area (Å²) in [5.41, 5.74) is -0.270. The van der Waals surface area contributed by atoms with Gasteiger partial charge in [-0.2, -0.15) is 13.2 Å². The van der Waals surface area contributed by atoms with Crippen molar-refractivity contribution in [2.24, 2.45) is 0 Å². The van der Waals surface area contributed by atoms with Gasteiger partial charge in [-0.1, -0.05) is 18.5 Å². The second kappa shape index (κ2) is 13.5. The highest BCUT2D eigenvalue weighted by Gasteiger charge is 2.47. The third-order valence-electron chi connectivity index (χ3n) is 10.1. The number of aromatic hydroxyl groups is 1. The van der Waals surface area contributed by atoms with E-state index in [1.807, 2.05) is 16.7 Å². The van der Waals surface area contributed by atoms with Gasteiger partial charge in [0.1, 0.15) is 24.4 Å². The number of piperazine rings is 1. The lowest BCUT2D eigenvalue weighted by Crippen LogP contribution is -2.67. The van der Waals surface area contributed by atoms with Crippen LogP contribution >= 0.6 is 11.6 Å². The van der Waals surface area contributed by atoms with Crippen molar-refractivity contribution < 1.29 is 33.0 Å². The first-order valence-corrected chi connectivity index (χ1v) is 17.2. The number of nitrogens with one attached hydrogen (secondary N) is 1. The fourth-order valence-electron chi connectivity index (χ4n) is 7.30. The Morgan fingerprint density at radius 2 is 1.85 bits per heavy atom. The third kappa shape index (κ3) is 6.25. The highest BCUT2D eigenvalue weighted by atomic mass is 35.5. The molecule has 14 nitrogen and oxygen atoms in total. The number of hydrogen-bond acceptors (Lipinski definition) is 11. The Labute approximate surface area is 299 Å². The van der Waals surface area contributed by atoms with E-state index < -0.39 is 35.1 Å². The van der Waals surface area contributed by atoms with E-state index in [9.17, 15) is 37.8 Å². The highest BCUT2D eigenvalue weighted by molar-refractivity contribution is 6.33. The van der Waals surface area contributed by atoms with Gasteiger partial charge in [0, 0.05) is 37.9 Å². The van der Waals surface area contributed by atoms with E-state index in [2.05, 4.69) is 20.3 Å². The zero-order chi connectivity index (χ0) is 37.1. The van der Waals surface area contributed by atoms with Crippen molar-refractivity contribution in [2.45, 2.75) is 70.4 Å². The quantitative estimate of drug-likeness (QED) is 0.253. The topological polar surface area (TPSA) is 170 Å². The molecule has 3 aliphatic rings. The molecule has 3 N–H and O–H groups in total. The number of aliphatic hydroxyl groups excluding tert-OH is 1. The number of aliphatic hydroxyl groups is 1. The van der Waals surface area contributed by atoms with E-state index in [1.54, 1.807) is 16.4 Å². The van der Waals surface area contributed by atoms with Crippen molar-refractivity contribution in [3.63, 3.8) is 0 Å². The molecule has 52 heavy (non-hydrogen) atoms. The summed E-state index contributed by atoms with van der Waals surface area (Å²) < 4.78 is 41.3. The summed E-state index contributed by atoms with van der Waals surface area (Å²) >= 11 is 6.14. The number of halogens is 4. The van der Waals surface area contributed by atoms with Gasteiger partial charge in [0.05, 0.1) is 40.3 Å². The fraction of sp³-hybridized carbons (Fsp3) is 0.441. The fourth-order valence-corrected chi connectivity index (χ4v) is 7.53. The highest BCUT2D eigenvalue weighted by Crippen LogP contribution is 2.39. The van der Waals surface area contributed by atoms with Crippen LogP contribution in [0.2, 0.25) is 5.02 Å². The van der Waals surface area contributed by atoms with Crippen molar-refractivity contribution in [3.05, 3.63) is 68.6 Å². The van der Waals surface area contributed by atoms with E-state index in [0.717, 1.165) is 18.2 Å². The molecular weight excluding hydrogens is 707 g/mol. The molecule has 0 radical (unpaired) electrons. The van der Waals surface area contributed by atoms with Crippen LogP contribution in [0.1, 0.15) is 53.6 Å². The number of carbonyl (C=O) groups is 2. The molecule has 7 rings (SSSR count). The molecule has 3 fully saturated rings. The summed E-state index contributed by atoms with van der Waals surface area (Å²) in [6.45, 7) is 4.32. The molecule has 0 unspecified atom stereocenters. The van der Waals surface area contributed by atoms with Crippen LogP contribution in [0, 0.1) is 6.92 Å². The Bertz CT molecular complexity index is 2150. The first-order valence-electron chi connectivity index (χ1n) is 16.9. The maximum absolute atomic E-state index is 14.6. The first-order chi connectivity index (χ1) is 24.8. The van der Waals surface area contributed by atoms with E-state index in [1.165, 1.54) is 12.5 Å². The molecule has 5 heterocycles. The summed E-state index contributed by atoms with van der Waals surface area (Å²) in [6.07, 6.45) is -0.343. The third-order valence-corrected chi connectivity index (χ3v) is 10.4. The molecule has 274 valence electrons. The largest absolute Gasteiger partial charge is 0.504 e. The monoisotopic (exact) mass is 741 g/mol. The molecule has 2 amide bonds. The van der Waals surface area contributed by atoms with Gasteiger partial charge in [-0.25, -0.2) is 19.9 Å². The number of aryl methyl sites for hydroxylation is 1. The van der Waals surface area contributed by atoms with Gasteiger partial charge >= 0.3 is 6.18 Å². The van der Waals surface area contributed by atoms with Gasteiger partial charge in [-0.3, -0.25) is 14.4 Å². The van der Waals surface area contributed by atoms with Crippen LogP contribution in [-0.4, -0.2) is 95.8 Å². The van der Waals surface area contributed by atoms with Gasteiger partial charge in [0.2, 0.25) is 11.3 Å². The summed E-state index contributed by atoms with van der Waals surface area (Å²) in [7, 11) is 0. The predicted octanol–water partition coefficient (Wildman–Crippen LogP) is 3.53. The molecule has 1 aliphatic carbocycles. The number of β-amino-alcohol motifs (C(OH)–C–C–N with tert-alkyl or cyclic N) is 1. The SMILES string of the molecule is CCc1c(N2CCN(C(=O)c3ncnc(C)c3O)[C@H]3CC[C@@H]32)c(=O)c2nc(N3CC[C@H](O)C3)cnc2n1CC(=O)Nc1ccc(C(F)(F)F)cc1Cl. The molecule has 3 atom stereocenters. The number of pyridine rings is 1. The Morgan fingerprint density at radius 1 is 1.08 bits per heavy atom. The van der Waals surface area contributed by atoms with Gasteiger partial charge in [0.15, 0.2) is 22.6 Å². The summed E-state index contributed by atoms with van der Waals surface area (Å²) in [4.78, 5) is 64.5. The number of anilines is 3. The Hall–Kier alpha value is -5.03. The zero-order valence-corrected chi connectivity index (χ0v) is 28.9. The van der Waals surface area contributed by atoms with Gasteiger partial charge in [-0.05, 0) is 50.8 Å². The zero-order valence-electron chi connectivity index (χ0n) is 28.2. The number of amides is 2. The Morgan fingerprint density at radius 3 is 2.50 bits per heavy atom. The van der Waals surface area contributed by atoms with Crippen LogP contribution in [0.5, 0.6) is 5.75 Å². The average Bonchev–Trinajstić information content (AvgIpc) is 3.53. The van der Waals surface area contributed by atoms with E-state index in [-0.39, 0.29) is 70.7 Å². The van der Waals surface area contributed by atoms with Crippen LogP contribution in [0.4, 0.5) is 30.4 Å². The van der Waals surface area contributed by atoms with Crippen LogP contribution in [-0.2, 0) is 23.9 Å². The second-order valence-corrected chi connectivity index (χ2v) is 13.6. The van der Waals surface area contributed by atoms with Crippen molar-refractivity contribution >= 4 is 51.8 Å². The summed E-state index contributed by atoms with van der Waals surface area (Å²) in [6, 6.07) is 2.07. The predicted molar refractivity (Wildman–Crippen MR) is 185 cm³/mol. The molecule has 3 aromatic heterocycles. The minimum Gasteiger partial charge on any atom is -0.504 e. The standard InChI is InChI=1S/C34H35ClF3N9O5/c1-3-22-29(45-10-11-46(24-7-6-23(24)45)33(52)28-30(50)17(2)40-16-41-28)31(51)27-32(39-13-25(43-27)44-9-8-19(48)14-44)47(22)15-26(49)42-21-5-4-18(12-20(21)35)34(36,37)38/h4-5,12-13,16,19,23-24,48,50H,3,6-11,14-15H2,1-2H3,(H,42,49)/t19-,23-,24-/m0/s1. The average molecular weight is 742 g/mol. The number of alkyl halides is 3. The number of carbonyl (C=O) groups excluding carboxylic acids is 2. The number of aromatic nitrogens is 5. The maximum atomic E-state index is 14.6. The Balaban J connectivity index is 1.27. The lowest BCUT2D eigenvalue weighted by atomic mass is 9.81. The number of nitrogens with zero attached hydrogens (tertiary/aromatic N) is 8. The minimum absolute atomic E-state index is 0.00205. The minimum atomic E-state index is -4.62. The first kappa shape index (κ1) is 35.4. The van der Waals surface area contributed by atoms with Crippen molar-refractivity contribution in [1.29, 1.82) is 0 Å². The van der Waals surface area contributed by atoms with Gasteiger partial charge in [-0.15, -0.1) is 0 Å². The van der Waals surface area contributed by atoms with Gasteiger partial charge < -0.3 is 34.8 Å². The van der Waals surface area contributed by atoms with E-state index >= 15 is 0 Å². The summed E-state index contributed by atoms with van der Waals surface area (Å²) in [5.74, 6) is -0.961. The van der Waals surface area contributed by atoms with Gasteiger partial charge in [0.25, 0.3) is 5.91 Å². The van der Waals surface area contributed by atoms with Crippen LogP contribution in [0.15, 0.2) is 35.5 Å². The molecule has 1 saturated carbocycles. The number of benzene rings is 1. The smallest absolute Gasteiger partial charge is 0.416 e. The number of fused-ring (bicyclic) bond motifs is 2. The molecule has 0 spiro atoms. The second-order valence-electron chi connectivity index (χ2n) is 13.2.